The first-order valence-electron chi connectivity index (χ1n) is 6.83. The molecule has 2 rings (SSSR count). The van der Waals surface area contributed by atoms with E-state index in [2.05, 4.69) is 0 Å². The Balaban J connectivity index is 0.000000243. The number of phenolic OH excluding ortho intramolecular Hbond substituents is 2. The van der Waals surface area contributed by atoms with Crippen molar-refractivity contribution in [2.45, 2.75) is 6.92 Å². The SMILES string of the molecule is CCOC(=O)c1cc(O)ccc1N.Nc1ccc(O)cc1C(=O)O. The molecule has 0 aliphatic heterocycles. The Morgan fingerprint density at radius 2 is 1.42 bits per heavy atom. The zero-order chi connectivity index (χ0) is 18.3. The molecule has 0 spiro atoms. The van der Waals surface area contributed by atoms with E-state index in [0.29, 0.717) is 5.69 Å². The predicted molar refractivity (Wildman–Crippen MR) is 88.0 cm³/mol. The zero-order valence-electron chi connectivity index (χ0n) is 12.9. The summed E-state index contributed by atoms with van der Waals surface area (Å²) in [6, 6.07) is 7.95. The van der Waals surface area contributed by atoms with E-state index in [9.17, 15) is 9.59 Å². The van der Waals surface area contributed by atoms with Crippen LogP contribution in [-0.4, -0.2) is 33.9 Å². The number of carboxylic acid groups (broad SMARTS) is 1. The fourth-order valence-electron chi connectivity index (χ4n) is 1.66. The van der Waals surface area contributed by atoms with E-state index < -0.39 is 11.9 Å². The third-order valence-corrected chi connectivity index (χ3v) is 2.80. The first-order chi connectivity index (χ1) is 11.3. The predicted octanol–water partition coefficient (Wildman–Crippen LogP) is 1.82. The van der Waals surface area contributed by atoms with Gasteiger partial charge in [0.25, 0.3) is 0 Å². The van der Waals surface area contributed by atoms with Crippen LogP contribution in [0.5, 0.6) is 11.5 Å². The lowest BCUT2D eigenvalue weighted by Gasteiger charge is -2.04. The summed E-state index contributed by atoms with van der Waals surface area (Å²) in [5.41, 5.74) is 11.4. The molecule has 0 bridgehead atoms. The smallest absolute Gasteiger partial charge is 0.340 e. The van der Waals surface area contributed by atoms with Gasteiger partial charge in [0.15, 0.2) is 0 Å². The van der Waals surface area contributed by atoms with Gasteiger partial charge in [-0.3, -0.25) is 0 Å². The van der Waals surface area contributed by atoms with Crippen LogP contribution in [-0.2, 0) is 4.74 Å². The number of carbonyl (C=O) groups is 2. The van der Waals surface area contributed by atoms with Gasteiger partial charge in [-0.25, -0.2) is 9.59 Å². The molecule has 0 saturated carbocycles. The Labute approximate surface area is 137 Å². The molecule has 0 saturated heterocycles. The molecular formula is C16H18N2O6. The second kappa shape index (κ2) is 8.28. The highest BCUT2D eigenvalue weighted by atomic mass is 16.5. The molecule has 128 valence electrons. The van der Waals surface area contributed by atoms with Crippen molar-refractivity contribution in [3.63, 3.8) is 0 Å². The number of phenols is 2. The van der Waals surface area contributed by atoms with Crippen molar-refractivity contribution in [1.29, 1.82) is 0 Å². The quantitative estimate of drug-likeness (QED) is 0.323. The van der Waals surface area contributed by atoms with Crippen LogP contribution < -0.4 is 11.5 Å². The maximum absolute atomic E-state index is 11.2. The summed E-state index contributed by atoms with van der Waals surface area (Å²) in [6.45, 7) is 1.99. The molecule has 0 atom stereocenters. The van der Waals surface area contributed by atoms with Crippen molar-refractivity contribution in [3.8, 4) is 11.5 Å². The standard InChI is InChI=1S/C9H11NO3.C7H7NO3/c1-2-13-9(12)7-5-6(11)3-4-8(7)10;8-6-2-1-4(9)3-5(6)7(10)11/h3-5,11H,2,10H2,1H3;1-3,9H,8H2,(H,10,11). The van der Waals surface area contributed by atoms with E-state index in [1.165, 1.54) is 30.3 Å². The molecule has 0 heterocycles. The number of hydrogen-bond donors (Lipinski definition) is 5. The van der Waals surface area contributed by atoms with Gasteiger partial charge in [-0.2, -0.15) is 0 Å². The third-order valence-electron chi connectivity index (χ3n) is 2.80. The second-order valence-corrected chi connectivity index (χ2v) is 4.57. The fourth-order valence-corrected chi connectivity index (χ4v) is 1.66. The number of ether oxygens (including phenoxy) is 1. The number of benzene rings is 2. The molecule has 8 nitrogen and oxygen atoms in total. The summed E-state index contributed by atoms with van der Waals surface area (Å²) in [7, 11) is 0. The fraction of sp³-hybridized carbons (Fsp3) is 0.125. The number of aromatic hydroxyl groups is 2. The van der Waals surface area contributed by atoms with Gasteiger partial charge in [0, 0.05) is 11.4 Å². The lowest BCUT2D eigenvalue weighted by molar-refractivity contribution is 0.0526. The molecular weight excluding hydrogens is 316 g/mol. The molecule has 8 heteroatoms. The first-order valence-corrected chi connectivity index (χ1v) is 6.83. The first kappa shape index (κ1) is 18.6. The van der Waals surface area contributed by atoms with Crippen LogP contribution in [0.4, 0.5) is 11.4 Å². The number of hydrogen-bond acceptors (Lipinski definition) is 7. The van der Waals surface area contributed by atoms with Crippen molar-refractivity contribution in [2.75, 3.05) is 18.1 Å². The molecule has 0 aliphatic carbocycles. The molecule has 0 aliphatic rings. The van der Waals surface area contributed by atoms with Crippen molar-refractivity contribution >= 4 is 23.3 Å². The van der Waals surface area contributed by atoms with Crippen molar-refractivity contribution in [2.24, 2.45) is 0 Å². The number of carboxylic acids is 1. The number of nitrogen functional groups attached to an aromatic ring is 2. The van der Waals surface area contributed by atoms with Crippen LogP contribution >= 0.6 is 0 Å². The molecule has 0 aromatic heterocycles. The van der Waals surface area contributed by atoms with Crippen molar-refractivity contribution in [3.05, 3.63) is 47.5 Å². The summed E-state index contributed by atoms with van der Waals surface area (Å²) in [6.07, 6.45) is 0. The Morgan fingerprint density at radius 1 is 0.958 bits per heavy atom. The van der Waals surface area contributed by atoms with Crippen LogP contribution in [0.1, 0.15) is 27.6 Å². The molecule has 0 radical (unpaired) electrons. The summed E-state index contributed by atoms with van der Waals surface area (Å²) in [4.78, 5) is 21.6. The Bertz CT molecular complexity index is 745. The molecule has 7 N–H and O–H groups in total. The van der Waals surface area contributed by atoms with E-state index in [1.54, 1.807) is 6.92 Å². The van der Waals surface area contributed by atoms with Gasteiger partial charge in [0.1, 0.15) is 11.5 Å². The monoisotopic (exact) mass is 334 g/mol. The van der Waals surface area contributed by atoms with Crippen molar-refractivity contribution in [1.82, 2.24) is 0 Å². The van der Waals surface area contributed by atoms with Crippen LogP contribution in [0.15, 0.2) is 36.4 Å². The summed E-state index contributed by atoms with van der Waals surface area (Å²) >= 11 is 0. The highest BCUT2D eigenvalue weighted by Crippen LogP contribution is 2.19. The van der Waals surface area contributed by atoms with Crippen LogP contribution in [0.3, 0.4) is 0 Å². The Kier molecular flexibility index (Phi) is 6.42. The molecule has 0 fully saturated rings. The zero-order valence-corrected chi connectivity index (χ0v) is 12.9. The van der Waals surface area contributed by atoms with E-state index in [4.69, 9.17) is 31.5 Å². The molecule has 24 heavy (non-hydrogen) atoms. The van der Waals surface area contributed by atoms with Gasteiger partial charge in [0.2, 0.25) is 0 Å². The van der Waals surface area contributed by atoms with Crippen LogP contribution in [0.25, 0.3) is 0 Å². The number of rotatable bonds is 3. The maximum atomic E-state index is 11.2. The average molecular weight is 334 g/mol. The highest BCUT2D eigenvalue weighted by molar-refractivity contribution is 5.95. The van der Waals surface area contributed by atoms with Crippen molar-refractivity contribution < 1.29 is 29.6 Å². The number of aromatic carboxylic acids is 1. The lowest BCUT2D eigenvalue weighted by Crippen LogP contribution is -2.07. The number of nitrogens with two attached hydrogens (primary N) is 2. The topological polar surface area (TPSA) is 156 Å². The highest BCUT2D eigenvalue weighted by Gasteiger charge is 2.10. The van der Waals surface area contributed by atoms with Crippen LogP contribution in [0, 0.1) is 0 Å². The minimum atomic E-state index is -1.14. The summed E-state index contributed by atoms with van der Waals surface area (Å²) < 4.78 is 4.73. The Morgan fingerprint density at radius 3 is 1.83 bits per heavy atom. The van der Waals surface area contributed by atoms with E-state index >= 15 is 0 Å². The minimum absolute atomic E-state index is 0.00254. The normalized spacial score (nSPS) is 9.54. The van der Waals surface area contributed by atoms with Gasteiger partial charge in [-0.15, -0.1) is 0 Å². The number of anilines is 2. The van der Waals surface area contributed by atoms with Gasteiger partial charge < -0.3 is 31.5 Å². The summed E-state index contributed by atoms with van der Waals surface area (Å²) in [5.74, 6) is -1.76. The van der Waals surface area contributed by atoms with E-state index in [0.717, 1.165) is 6.07 Å². The average Bonchev–Trinajstić information content (AvgIpc) is 2.52. The van der Waals surface area contributed by atoms with Crippen LogP contribution in [0.2, 0.25) is 0 Å². The summed E-state index contributed by atoms with van der Waals surface area (Å²) in [5, 5.41) is 26.5. The molecule has 0 amide bonds. The lowest BCUT2D eigenvalue weighted by atomic mass is 10.2. The molecule has 2 aromatic carbocycles. The minimum Gasteiger partial charge on any atom is -0.508 e. The van der Waals surface area contributed by atoms with E-state index in [-0.39, 0.29) is 34.9 Å². The van der Waals surface area contributed by atoms with Gasteiger partial charge in [-0.05, 0) is 43.3 Å². The van der Waals surface area contributed by atoms with Gasteiger partial charge in [-0.1, -0.05) is 0 Å². The largest absolute Gasteiger partial charge is 0.508 e. The van der Waals surface area contributed by atoms with E-state index in [1.807, 2.05) is 0 Å². The Hall–Kier alpha value is -3.42. The third kappa shape index (κ3) is 5.09. The molecule has 0 unspecified atom stereocenters. The number of carbonyl (C=O) groups excluding carboxylic acids is 1. The number of esters is 1. The van der Waals surface area contributed by atoms with Gasteiger partial charge in [0.05, 0.1) is 17.7 Å². The van der Waals surface area contributed by atoms with Gasteiger partial charge >= 0.3 is 11.9 Å². The molecule has 2 aromatic rings. The second-order valence-electron chi connectivity index (χ2n) is 4.57. The maximum Gasteiger partial charge on any atom is 0.340 e.